The first kappa shape index (κ1) is 16.2. The number of anilines is 2. The molecule has 5 heteroatoms. The number of nitrogens with two attached hydrogens (primary N) is 1. The predicted octanol–water partition coefficient (Wildman–Crippen LogP) is 2.94. The molecular formula is C19H22N2O3. The van der Waals surface area contributed by atoms with Crippen molar-refractivity contribution >= 4 is 17.3 Å². The minimum absolute atomic E-state index is 0.0232. The minimum Gasteiger partial charge on any atom is -0.495 e. The molecule has 24 heavy (non-hydrogen) atoms. The molecule has 0 saturated carbocycles. The highest BCUT2D eigenvalue weighted by Crippen LogP contribution is 2.35. The van der Waals surface area contributed by atoms with Gasteiger partial charge in [0.15, 0.2) is 6.10 Å². The highest BCUT2D eigenvalue weighted by molar-refractivity contribution is 6.00. The van der Waals surface area contributed by atoms with Gasteiger partial charge in [0.1, 0.15) is 11.5 Å². The van der Waals surface area contributed by atoms with Crippen LogP contribution in [0.1, 0.15) is 18.1 Å². The molecule has 1 amide bonds. The summed E-state index contributed by atoms with van der Waals surface area (Å²) >= 11 is 0. The average Bonchev–Trinajstić information content (AvgIpc) is 2.56. The Morgan fingerprint density at radius 1 is 1.25 bits per heavy atom. The number of hydrogen-bond donors (Lipinski definition) is 1. The monoisotopic (exact) mass is 326 g/mol. The van der Waals surface area contributed by atoms with Crippen LogP contribution in [-0.4, -0.2) is 25.7 Å². The number of rotatable bonds is 4. The van der Waals surface area contributed by atoms with E-state index < -0.39 is 6.10 Å². The summed E-state index contributed by atoms with van der Waals surface area (Å²) in [7, 11) is 1.58. The van der Waals surface area contributed by atoms with E-state index in [0.29, 0.717) is 24.4 Å². The number of hydrogen-bond acceptors (Lipinski definition) is 4. The number of fused-ring (bicyclic) bond motifs is 1. The number of nitrogen functional groups attached to an aromatic ring is 1. The van der Waals surface area contributed by atoms with Crippen LogP contribution in [0.5, 0.6) is 11.5 Å². The van der Waals surface area contributed by atoms with Crippen molar-refractivity contribution in [2.24, 2.45) is 0 Å². The van der Waals surface area contributed by atoms with Crippen LogP contribution in [-0.2, 0) is 11.2 Å². The summed E-state index contributed by atoms with van der Waals surface area (Å²) < 4.78 is 11.1. The molecule has 0 spiro atoms. The van der Waals surface area contributed by atoms with E-state index in [2.05, 4.69) is 0 Å². The Labute approximate surface area is 142 Å². The molecule has 0 aromatic heterocycles. The number of likely N-dealkylation sites (N-methyl/N-ethyl adjacent to an activating group) is 1. The molecule has 1 heterocycles. The van der Waals surface area contributed by atoms with Gasteiger partial charge in [0.25, 0.3) is 5.91 Å². The summed E-state index contributed by atoms with van der Waals surface area (Å²) in [5.74, 6) is 1.35. The van der Waals surface area contributed by atoms with Gasteiger partial charge in [-0.15, -0.1) is 0 Å². The lowest BCUT2D eigenvalue weighted by molar-refractivity contribution is -0.126. The average molecular weight is 326 g/mol. The molecule has 2 aromatic carbocycles. The van der Waals surface area contributed by atoms with Crippen LogP contribution >= 0.6 is 0 Å². The van der Waals surface area contributed by atoms with Crippen molar-refractivity contribution in [1.29, 1.82) is 0 Å². The number of amides is 1. The van der Waals surface area contributed by atoms with E-state index in [-0.39, 0.29) is 5.91 Å². The Balaban J connectivity index is 1.88. The molecule has 1 aliphatic heterocycles. The summed E-state index contributed by atoms with van der Waals surface area (Å²) in [5, 5.41) is 0. The van der Waals surface area contributed by atoms with E-state index in [1.807, 2.05) is 50.2 Å². The van der Waals surface area contributed by atoms with Crippen molar-refractivity contribution in [2.45, 2.75) is 26.4 Å². The third-order valence-electron chi connectivity index (χ3n) is 4.25. The lowest BCUT2D eigenvalue weighted by atomic mass is 10.0. The fraction of sp³-hybridized carbons (Fsp3) is 0.316. The number of nitrogens with zero attached hydrogens (tertiary/aromatic N) is 1. The van der Waals surface area contributed by atoms with E-state index in [1.165, 1.54) is 0 Å². The van der Waals surface area contributed by atoms with Crippen molar-refractivity contribution in [3.05, 3.63) is 47.5 Å². The van der Waals surface area contributed by atoms with Gasteiger partial charge in [0.05, 0.1) is 18.5 Å². The molecule has 0 bridgehead atoms. The molecule has 0 fully saturated rings. The van der Waals surface area contributed by atoms with Gasteiger partial charge in [-0.1, -0.05) is 12.1 Å². The Hall–Kier alpha value is -2.69. The predicted molar refractivity (Wildman–Crippen MR) is 94.7 cm³/mol. The maximum atomic E-state index is 12.8. The lowest BCUT2D eigenvalue weighted by Gasteiger charge is -2.34. The second-order valence-corrected chi connectivity index (χ2v) is 5.94. The number of methoxy groups -OCH3 is 1. The topological polar surface area (TPSA) is 64.8 Å². The summed E-state index contributed by atoms with van der Waals surface area (Å²) in [5.41, 5.74) is 9.40. The number of benzene rings is 2. The van der Waals surface area contributed by atoms with Gasteiger partial charge < -0.3 is 20.1 Å². The van der Waals surface area contributed by atoms with Crippen LogP contribution in [0.4, 0.5) is 11.4 Å². The van der Waals surface area contributed by atoms with Crippen molar-refractivity contribution in [3.8, 4) is 11.5 Å². The lowest BCUT2D eigenvalue weighted by Crippen LogP contribution is -2.46. The second-order valence-electron chi connectivity index (χ2n) is 5.94. The zero-order chi connectivity index (χ0) is 17.3. The molecule has 1 atom stereocenters. The summed E-state index contributed by atoms with van der Waals surface area (Å²) in [4.78, 5) is 14.6. The molecular weight excluding hydrogens is 304 g/mol. The van der Waals surface area contributed by atoms with Crippen LogP contribution in [0.2, 0.25) is 0 Å². The molecule has 2 aromatic rings. The first-order valence-electron chi connectivity index (χ1n) is 8.04. The SMILES string of the molecule is CCN1C(=O)C(Cc2ccc(OC)c(N)c2)Oc2ccc(C)cc21. The van der Waals surface area contributed by atoms with Gasteiger partial charge in [0.2, 0.25) is 0 Å². The number of ether oxygens (including phenoxy) is 2. The van der Waals surface area contributed by atoms with Crippen LogP contribution in [0, 0.1) is 6.92 Å². The Bertz CT molecular complexity index is 773. The second kappa shape index (κ2) is 6.43. The summed E-state index contributed by atoms with van der Waals surface area (Å²) in [6.45, 7) is 4.59. The standard InChI is InChI=1S/C19H22N2O3/c1-4-21-15-9-12(2)5-7-17(15)24-18(19(21)22)11-13-6-8-16(23-3)14(20)10-13/h5-10,18H,4,11,20H2,1-3H3. The summed E-state index contributed by atoms with van der Waals surface area (Å²) in [6.07, 6.45) is -0.0791. The van der Waals surface area contributed by atoms with Crippen molar-refractivity contribution in [1.82, 2.24) is 0 Å². The number of carbonyl (C=O) groups is 1. The van der Waals surface area contributed by atoms with Crippen molar-refractivity contribution in [3.63, 3.8) is 0 Å². The molecule has 1 aliphatic rings. The van der Waals surface area contributed by atoms with Gasteiger partial charge in [-0.25, -0.2) is 0 Å². The normalized spacial score (nSPS) is 16.5. The fourth-order valence-corrected chi connectivity index (χ4v) is 3.01. The molecule has 1 unspecified atom stereocenters. The molecule has 5 nitrogen and oxygen atoms in total. The molecule has 0 aliphatic carbocycles. The van der Waals surface area contributed by atoms with Crippen LogP contribution in [0.15, 0.2) is 36.4 Å². The van der Waals surface area contributed by atoms with Crippen LogP contribution in [0.3, 0.4) is 0 Å². The highest BCUT2D eigenvalue weighted by atomic mass is 16.5. The highest BCUT2D eigenvalue weighted by Gasteiger charge is 2.33. The van der Waals surface area contributed by atoms with Gasteiger partial charge in [-0.2, -0.15) is 0 Å². The maximum absolute atomic E-state index is 12.8. The first-order chi connectivity index (χ1) is 11.5. The summed E-state index contributed by atoms with van der Waals surface area (Å²) in [6, 6.07) is 11.5. The molecule has 2 N–H and O–H groups in total. The molecule has 0 saturated heterocycles. The third-order valence-corrected chi connectivity index (χ3v) is 4.25. The van der Waals surface area contributed by atoms with E-state index in [4.69, 9.17) is 15.2 Å². The molecule has 3 rings (SSSR count). The molecule has 126 valence electrons. The van der Waals surface area contributed by atoms with Gasteiger partial charge in [0, 0.05) is 13.0 Å². The smallest absolute Gasteiger partial charge is 0.268 e. The fourth-order valence-electron chi connectivity index (χ4n) is 3.01. The van der Waals surface area contributed by atoms with Gasteiger partial charge >= 0.3 is 0 Å². The first-order valence-corrected chi connectivity index (χ1v) is 8.04. The van der Waals surface area contributed by atoms with Crippen LogP contribution < -0.4 is 20.1 Å². The Morgan fingerprint density at radius 3 is 2.71 bits per heavy atom. The third kappa shape index (κ3) is 2.89. The van der Waals surface area contributed by atoms with Gasteiger partial charge in [-0.3, -0.25) is 4.79 Å². The Kier molecular flexibility index (Phi) is 4.34. The van der Waals surface area contributed by atoms with E-state index >= 15 is 0 Å². The van der Waals surface area contributed by atoms with Crippen molar-refractivity contribution in [2.75, 3.05) is 24.3 Å². The number of carbonyl (C=O) groups excluding carboxylic acids is 1. The van der Waals surface area contributed by atoms with Crippen molar-refractivity contribution < 1.29 is 14.3 Å². The van der Waals surface area contributed by atoms with E-state index in [0.717, 1.165) is 22.6 Å². The minimum atomic E-state index is -0.548. The quantitative estimate of drug-likeness (QED) is 0.877. The largest absolute Gasteiger partial charge is 0.495 e. The van der Waals surface area contributed by atoms with Gasteiger partial charge in [-0.05, 0) is 49.2 Å². The van der Waals surface area contributed by atoms with E-state index in [1.54, 1.807) is 12.0 Å². The Morgan fingerprint density at radius 2 is 2.04 bits per heavy atom. The van der Waals surface area contributed by atoms with E-state index in [9.17, 15) is 4.79 Å². The van der Waals surface area contributed by atoms with Crippen LogP contribution in [0.25, 0.3) is 0 Å². The molecule has 0 radical (unpaired) electrons. The zero-order valence-corrected chi connectivity index (χ0v) is 14.2. The number of aryl methyl sites for hydroxylation is 1. The maximum Gasteiger partial charge on any atom is 0.268 e. The zero-order valence-electron chi connectivity index (χ0n) is 14.2.